The number of carbonyl (C=O) groups is 1. The standard InChI is InChI=1S/C27H36N6O5S2/c1-32(2)12-11-28-24-10-9-22-27(30-24)39-25(29-22)19-23(34)26(31-33-13-16-38-17-14-33)20-5-7-21(8-6-20)40(35,36)18-4-15-37-3/h5-10H,4,11-19H2,1-3H3,(H,28,30)/b31-26+. The second-order valence-electron chi connectivity index (χ2n) is 9.66. The van der Waals surface area contributed by atoms with Crippen molar-refractivity contribution in [2.24, 2.45) is 5.10 Å². The fraction of sp³-hybridized carbons (Fsp3) is 0.481. The second kappa shape index (κ2) is 14.1. The second-order valence-corrected chi connectivity index (χ2v) is 12.8. The fourth-order valence-corrected chi connectivity index (χ4v) is 6.28. The van der Waals surface area contributed by atoms with E-state index in [9.17, 15) is 13.2 Å². The Morgan fingerprint density at radius 1 is 1.15 bits per heavy atom. The molecule has 0 atom stereocenters. The average molecular weight is 589 g/mol. The normalized spacial score (nSPS) is 14.7. The summed E-state index contributed by atoms with van der Waals surface area (Å²) < 4.78 is 35.8. The molecule has 0 bridgehead atoms. The number of likely N-dealkylation sites (N-methyl/N-ethyl adjacent to an activating group) is 1. The summed E-state index contributed by atoms with van der Waals surface area (Å²) in [7, 11) is 2.12. The molecule has 11 nitrogen and oxygen atoms in total. The molecule has 0 spiro atoms. The molecule has 1 fully saturated rings. The highest BCUT2D eigenvalue weighted by Crippen LogP contribution is 2.23. The molecule has 0 amide bonds. The number of Topliss-reactive ketones (excluding diaryl/α,β-unsaturated/α-hetero) is 1. The highest BCUT2D eigenvalue weighted by molar-refractivity contribution is 7.91. The van der Waals surface area contributed by atoms with Gasteiger partial charge in [-0.25, -0.2) is 18.4 Å². The maximum Gasteiger partial charge on any atom is 0.190 e. The molecular weight excluding hydrogens is 552 g/mol. The summed E-state index contributed by atoms with van der Waals surface area (Å²) in [5, 5.41) is 10.4. The lowest BCUT2D eigenvalue weighted by molar-refractivity contribution is -0.112. The van der Waals surface area contributed by atoms with Crippen LogP contribution in [-0.4, -0.2) is 113 Å². The molecule has 216 valence electrons. The number of sulfone groups is 1. The minimum absolute atomic E-state index is 0.00757. The van der Waals surface area contributed by atoms with Gasteiger partial charge in [-0.2, -0.15) is 5.10 Å². The van der Waals surface area contributed by atoms with Crippen LogP contribution in [0.15, 0.2) is 46.4 Å². The van der Waals surface area contributed by atoms with E-state index >= 15 is 0 Å². The first-order valence-corrected chi connectivity index (χ1v) is 15.6. The molecule has 40 heavy (non-hydrogen) atoms. The molecule has 3 aromatic rings. The Labute approximate surface area is 239 Å². The van der Waals surface area contributed by atoms with Crippen LogP contribution in [0.1, 0.15) is 17.0 Å². The summed E-state index contributed by atoms with van der Waals surface area (Å²) in [6.07, 6.45) is 0.470. The first-order valence-electron chi connectivity index (χ1n) is 13.2. The third-order valence-corrected chi connectivity index (χ3v) is 9.00. The molecular formula is C27H36N6O5S2. The largest absolute Gasteiger partial charge is 0.385 e. The molecule has 1 aliphatic rings. The number of carbonyl (C=O) groups excluding carboxylic acids is 1. The lowest BCUT2D eigenvalue weighted by atomic mass is 10.0. The Kier molecular flexibility index (Phi) is 10.6. The van der Waals surface area contributed by atoms with Crippen molar-refractivity contribution in [1.29, 1.82) is 0 Å². The number of pyridine rings is 1. The van der Waals surface area contributed by atoms with Gasteiger partial charge < -0.3 is 19.7 Å². The van der Waals surface area contributed by atoms with Gasteiger partial charge in [0, 0.05) is 32.4 Å². The Morgan fingerprint density at radius 3 is 2.60 bits per heavy atom. The van der Waals surface area contributed by atoms with Gasteiger partial charge in [0.2, 0.25) is 0 Å². The monoisotopic (exact) mass is 588 g/mol. The van der Waals surface area contributed by atoms with Crippen molar-refractivity contribution in [3.8, 4) is 0 Å². The molecule has 1 aliphatic heterocycles. The van der Waals surface area contributed by atoms with Crippen LogP contribution in [-0.2, 0) is 30.5 Å². The summed E-state index contributed by atoms with van der Waals surface area (Å²) in [4.78, 5) is 25.9. The van der Waals surface area contributed by atoms with Crippen molar-refractivity contribution in [1.82, 2.24) is 19.9 Å². The fourth-order valence-electron chi connectivity index (χ4n) is 4.07. The number of anilines is 1. The topological polar surface area (TPSA) is 126 Å². The number of hydrogen-bond acceptors (Lipinski definition) is 12. The lowest BCUT2D eigenvalue weighted by Crippen LogP contribution is -2.34. The number of benzene rings is 1. The van der Waals surface area contributed by atoms with Gasteiger partial charge in [-0.3, -0.25) is 9.80 Å². The molecule has 1 aromatic carbocycles. The van der Waals surface area contributed by atoms with E-state index < -0.39 is 9.84 Å². The number of nitrogens with one attached hydrogen (secondary N) is 1. The van der Waals surface area contributed by atoms with Gasteiger partial charge in [-0.1, -0.05) is 23.5 Å². The van der Waals surface area contributed by atoms with Crippen molar-refractivity contribution < 1.29 is 22.7 Å². The molecule has 0 radical (unpaired) electrons. The molecule has 1 N–H and O–H groups in total. The number of ketones is 1. The minimum Gasteiger partial charge on any atom is -0.385 e. The average Bonchev–Trinajstić information content (AvgIpc) is 3.33. The summed E-state index contributed by atoms with van der Waals surface area (Å²) in [6.45, 7) is 4.21. The molecule has 0 unspecified atom stereocenters. The van der Waals surface area contributed by atoms with E-state index in [1.165, 1.54) is 23.5 Å². The summed E-state index contributed by atoms with van der Waals surface area (Å²) >= 11 is 1.38. The smallest absolute Gasteiger partial charge is 0.190 e. The molecule has 0 aliphatic carbocycles. The Bertz CT molecular complexity index is 1420. The van der Waals surface area contributed by atoms with E-state index in [0.717, 1.165) is 29.3 Å². The van der Waals surface area contributed by atoms with Gasteiger partial charge in [0.05, 0.1) is 43.4 Å². The quantitative estimate of drug-likeness (QED) is 0.221. The van der Waals surface area contributed by atoms with Gasteiger partial charge in [-0.05, 0) is 44.8 Å². The third kappa shape index (κ3) is 8.27. The van der Waals surface area contributed by atoms with Crippen molar-refractivity contribution in [2.45, 2.75) is 17.7 Å². The van der Waals surface area contributed by atoms with E-state index in [-0.39, 0.29) is 28.6 Å². The van der Waals surface area contributed by atoms with Crippen LogP contribution in [0.3, 0.4) is 0 Å². The third-order valence-electron chi connectivity index (χ3n) is 6.22. The molecule has 0 saturated carbocycles. The van der Waals surface area contributed by atoms with Crippen molar-refractivity contribution in [3.63, 3.8) is 0 Å². The Hall–Kier alpha value is -2.97. The molecule has 4 rings (SSSR count). The molecule has 13 heteroatoms. The van der Waals surface area contributed by atoms with E-state index in [2.05, 4.69) is 25.3 Å². The van der Waals surface area contributed by atoms with E-state index in [4.69, 9.17) is 9.47 Å². The summed E-state index contributed by atoms with van der Waals surface area (Å²) in [6, 6.07) is 10.1. The SMILES string of the molecule is COCCCS(=O)(=O)c1ccc(/C(=N\N2CCOCC2)C(=O)Cc2nc3ccc(NCCN(C)C)nc3s2)cc1. The maximum absolute atomic E-state index is 13.6. The first-order chi connectivity index (χ1) is 19.2. The van der Waals surface area contributed by atoms with Gasteiger partial charge in [-0.15, -0.1) is 0 Å². The van der Waals surface area contributed by atoms with Crippen LogP contribution in [0.25, 0.3) is 10.3 Å². The molecule has 2 aromatic heterocycles. The van der Waals surface area contributed by atoms with Crippen molar-refractivity contribution in [3.05, 3.63) is 47.0 Å². The highest BCUT2D eigenvalue weighted by atomic mass is 32.2. The highest BCUT2D eigenvalue weighted by Gasteiger charge is 2.21. The van der Waals surface area contributed by atoms with Crippen LogP contribution in [0.4, 0.5) is 5.82 Å². The number of hydrazone groups is 1. The summed E-state index contributed by atoms with van der Waals surface area (Å²) in [5.41, 5.74) is 1.56. The van der Waals surface area contributed by atoms with Crippen LogP contribution in [0, 0.1) is 0 Å². The number of morpholine rings is 1. The minimum atomic E-state index is -3.45. The van der Waals surface area contributed by atoms with Gasteiger partial charge in [0.1, 0.15) is 26.9 Å². The molecule has 3 heterocycles. The van der Waals surface area contributed by atoms with E-state index in [0.29, 0.717) is 49.9 Å². The van der Waals surface area contributed by atoms with Crippen LogP contribution < -0.4 is 5.32 Å². The van der Waals surface area contributed by atoms with Gasteiger partial charge in [0.15, 0.2) is 15.6 Å². The van der Waals surface area contributed by atoms with Gasteiger partial charge in [0.25, 0.3) is 0 Å². The van der Waals surface area contributed by atoms with E-state index in [1.807, 2.05) is 31.2 Å². The Morgan fingerprint density at radius 2 is 1.90 bits per heavy atom. The first kappa shape index (κ1) is 30.0. The van der Waals surface area contributed by atoms with Crippen molar-refractivity contribution >= 4 is 48.8 Å². The zero-order valence-corrected chi connectivity index (χ0v) is 24.8. The number of hydrogen-bond donors (Lipinski definition) is 1. The predicted molar refractivity (Wildman–Crippen MR) is 157 cm³/mol. The number of ether oxygens (including phenoxy) is 2. The van der Waals surface area contributed by atoms with Crippen molar-refractivity contribution in [2.75, 3.05) is 78.3 Å². The number of methoxy groups -OCH3 is 1. The van der Waals surface area contributed by atoms with E-state index in [1.54, 1.807) is 19.2 Å². The maximum atomic E-state index is 13.6. The Balaban J connectivity index is 1.54. The number of thiazole rings is 1. The van der Waals surface area contributed by atoms with Crippen LogP contribution in [0.2, 0.25) is 0 Å². The zero-order chi connectivity index (χ0) is 28.5. The summed E-state index contributed by atoms with van der Waals surface area (Å²) in [5.74, 6) is 0.556. The zero-order valence-electron chi connectivity index (χ0n) is 23.1. The molecule has 1 saturated heterocycles. The lowest BCUT2D eigenvalue weighted by Gasteiger charge is -2.25. The number of nitrogens with zero attached hydrogens (tertiary/aromatic N) is 5. The van der Waals surface area contributed by atoms with Gasteiger partial charge >= 0.3 is 0 Å². The number of aromatic nitrogens is 2. The van der Waals surface area contributed by atoms with Crippen LogP contribution in [0.5, 0.6) is 0 Å². The number of fused-ring (bicyclic) bond motifs is 1. The van der Waals surface area contributed by atoms with Crippen LogP contribution >= 0.6 is 11.3 Å². The number of rotatable bonds is 14. The predicted octanol–water partition coefficient (Wildman–Crippen LogP) is 2.32.